The molecule has 1 atom stereocenters. The van der Waals surface area contributed by atoms with E-state index in [0.29, 0.717) is 11.9 Å². The molecule has 2 aromatic carbocycles. The van der Waals surface area contributed by atoms with Crippen LogP contribution in [-0.2, 0) is 6.54 Å². The van der Waals surface area contributed by atoms with Gasteiger partial charge < -0.3 is 14.6 Å². The van der Waals surface area contributed by atoms with Crippen molar-refractivity contribution in [1.29, 1.82) is 0 Å². The number of amides is 1. The van der Waals surface area contributed by atoms with Gasteiger partial charge in [0.25, 0.3) is 5.91 Å². The molecule has 0 unspecified atom stereocenters. The minimum absolute atomic E-state index is 0.158. The first-order valence-corrected chi connectivity index (χ1v) is 8.62. The summed E-state index contributed by atoms with van der Waals surface area (Å²) in [5.41, 5.74) is 1.69. The van der Waals surface area contributed by atoms with Gasteiger partial charge in [-0.2, -0.15) is 0 Å². The number of aryl methyl sites for hydroxylation is 1. The lowest BCUT2D eigenvalue weighted by atomic mass is 10.1. The van der Waals surface area contributed by atoms with Crippen molar-refractivity contribution in [2.75, 3.05) is 7.11 Å². The maximum Gasteiger partial charge on any atom is 0.257 e. The highest BCUT2D eigenvalue weighted by atomic mass is 16.5. The molecule has 1 aromatic heterocycles. The zero-order valence-corrected chi connectivity index (χ0v) is 15.2. The molecule has 0 saturated heterocycles. The molecular formula is C21H22N2O3. The van der Waals surface area contributed by atoms with E-state index in [1.807, 2.05) is 60.9 Å². The third kappa shape index (κ3) is 3.33. The summed E-state index contributed by atoms with van der Waals surface area (Å²) < 4.78 is 7.07. The highest BCUT2D eigenvalue weighted by Gasteiger charge is 2.17. The lowest BCUT2D eigenvalue weighted by Crippen LogP contribution is -2.31. The Kier molecular flexibility index (Phi) is 5.07. The number of rotatable bonds is 5. The van der Waals surface area contributed by atoms with Gasteiger partial charge in [-0.05, 0) is 43.7 Å². The van der Waals surface area contributed by atoms with Gasteiger partial charge in [0.05, 0.1) is 18.7 Å². The van der Waals surface area contributed by atoms with E-state index < -0.39 is 0 Å². The molecule has 0 aliphatic rings. The second-order valence-electron chi connectivity index (χ2n) is 6.14. The maximum atomic E-state index is 12.7. The number of hydrogen-bond acceptors (Lipinski definition) is 3. The number of carbonyl (C=O) groups excluding carboxylic acids is 1. The van der Waals surface area contributed by atoms with Gasteiger partial charge in [-0.3, -0.25) is 9.59 Å². The molecule has 1 heterocycles. The van der Waals surface area contributed by atoms with E-state index in [1.54, 1.807) is 19.4 Å². The number of nitrogens with zero attached hydrogens (tertiary/aromatic N) is 1. The van der Waals surface area contributed by atoms with E-state index in [4.69, 9.17) is 4.74 Å². The summed E-state index contributed by atoms with van der Waals surface area (Å²) in [7, 11) is 1.61. The summed E-state index contributed by atoms with van der Waals surface area (Å²) in [6.45, 7) is 4.55. The lowest BCUT2D eigenvalue weighted by molar-refractivity contribution is 0.0938. The second kappa shape index (κ2) is 7.44. The highest BCUT2D eigenvalue weighted by molar-refractivity contribution is 5.97. The van der Waals surface area contributed by atoms with Crippen molar-refractivity contribution in [1.82, 2.24) is 9.88 Å². The molecule has 0 radical (unpaired) electrons. The van der Waals surface area contributed by atoms with Crippen LogP contribution in [0.25, 0.3) is 10.9 Å². The van der Waals surface area contributed by atoms with Crippen molar-refractivity contribution < 1.29 is 9.53 Å². The third-order valence-corrected chi connectivity index (χ3v) is 4.54. The van der Waals surface area contributed by atoms with E-state index in [0.717, 1.165) is 16.8 Å². The quantitative estimate of drug-likeness (QED) is 0.766. The number of ether oxygens (including phenoxy) is 1. The molecule has 0 spiro atoms. The molecule has 5 heteroatoms. The van der Waals surface area contributed by atoms with Crippen molar-refractivity contribution >= 4 is 16.8 Å². The molecule has 134 valence electrons. The Morgan fingerprint density at radius 1 is 1.15 bits per heavy atom. The molecule has 0 aliphatic heterocycles. The molecule has 26 heavy (non-hydrogen) atoms. The van der Waals surface area contributed by atoms with Crippen LogP contribution in [0.2, 0.25) is 0 Å². The van der Waals surface area contributed by atoms with Crippen molar-refractivity contribution in [3.05, 3.63) is 76.1 Å². The van der Waals surface area contributed by atoms with Crippen molar-refractivity contribution in [3.8, 4) is 5.75 Å². The fourth-order valence-corrected chi connectivity index (χ4v) is 3.02. The first-order chi connectivity index (χ1) is 12.5. The van der Waals surface area contributed by atoms with Crippen LogP contribution < -0.4 is 15.5 Å². The van der Waals surface area contributed by atoms with Gasteiger partial charge in [0.15, 0.2) is 0 Å². The molecule has 0 fully saturated rings. The van der Waals surface area contributed by atoms with Crippen LogP contribution in [-0.4, -0.2) is 17.6 Å². The first kappa shape index (κ1) is 17.7. The first-order valence-electron chi connectivity index (χ1n) is 8.62. The van der Waals surface area contributed by atoms with Gasteiger partial charge in [-0.15, -0.1) is 0 Å². The maximum absolute atomic E-state index is 12.7. The van der Waals surface area contributed by atoms with Crippen LogP contribution in [0.1, 0.15) is 35.8 Å². The Hall–Kier alpha value is -3.08. The highest BCUT2D eigenvalue weighted by Crippen LogP contribution is 2.18. The Morgan fingerprint density at radius 2 is 1.85 bits per heavy atom. The number of hydrogen-bond donors (Lipinski definition) is 1. The Labute approximate surface area is 152 Å². The number of nitrogens with one attached hydrogen (secondary N) is 1. The lowest BCUT2D eigenvalue weighted by Gasteiger charge is -2.16. The number of methoxy groups -OCH3 is 1. The van der Waals surface area contributed by atoms with Gasteiger partial charge in [-0.1, -0.05) is 24.3 Å². The van der Waals surface area contributed by atoms with Gasteiger partial charge in [0.2, 0.25) is 5.43 Å². The number of carbonyl (C=O) groups is 1. The predicted molar refractivity (Wildman–Crippen MR) is 103 cm³/mol. The fraction of sp³-hybridized carbons (Fsp3) is 0.238. The zero-order chi connectivity index (χ0) is 18.7. The van der Waals surface area contributed by atoms with Crippen molar-refractivity contribution in [2.45, 2.75) is 26.4 Å². The van der Waals surface area contributed by atoms with Gasteiger partial charge in [0, 0.05) is 18.1 Å². The molecule has 0 saturated carbocycles. The van der Waals surface area contributed by atoms with Crippen LogP contribution in [0.4, 0.5) is 0 Å². The minimum atomic E-state index is -0.369. The van der Waals surface area contributed by atoms with Crippen LogP contribution >= 0.6 is 0 Å². The monoisotopic (exact) mass is 350 g/mol. The molecule has 1 amide bonds. The largest absolute Gasteiger partial charge is 0.497 e. The number of aromatic nitrogens is 1. The zero-order valence-electron chi connectivity index (χ0n) is 15.2. The van der Waals surface area contributed by atoms with Crippen LogP contribution in [0.3, 0.4) is 0 Å². The summed E-state index contributed by atoms with van der Waals surface area (Å²) in [6.07, 6.45) is 1.64. The topological polar surface area (TPSA) is 60.3 Å². The molecule has 5 nitrogen and oxygen atoms in total. The van der Waals surface area contributed by atoms with Gasteiger partial charge in [-0.25, -0.2) is 0 Å². The SMILES string of the molecule is CCn1cc(C(=O)N[C@@H](C)c2ccc(OC)cc2)c(=O)c2ccccc21. The predicted octanol–water partition coefficient (Wildman–Crippen LogP) is 3.52. The van der Waals surface area contributed by atoms with Crippen molar-refractivity contribution in [2.24, 2.45) is 0 Å². The molecule has 0 aliphatic carbocycles. The smallest absolute Gasteiger partial charge is 0.257 e. The summed E-state index contributed by atoms with van der Waals surface area (Å²) in [5, 5.41) is 3.47. The van der Waals surface area contributed by atoms with E-state index in [2.05, 4.69) is 5.32 Å². The van der Waals surface area contributed by atoms with Crippen LogP contribution in [0.5, 0.6) is 5.75 Å². The average molecular weight is 350 g/mol. The van der Waals surface area contributed by atoms with Crippen LogP contribution in [0.15, 0.2) is 59.5 Å². The number of para-hydroxylation sites is 1. The Balaban J connectivity index is 1.92. The van der Waals surface area contributed by atoms with Gasteiger partial charge >= 0.3 is 0 Å². The summed E-state index contributed by atoms with van der Waals surface area (Å²) >= 11 is 0. The minimum Gasteiger partial charge on any atom is -0.497 e. The van der Waals surface area contributed by atoms with E-state index >= 15 is 0 Å². The number of pyridine rings is 1. The third-order valence-electron chi connectivity index (χ3n) is 4.54. The number of benzene rings is 2. The molecule has 0 bridgehead atoms. The average Bonchev–Trinajstić information content (AvgIpc) is 2.68. The van der Waals surface area contributed by atoms with E-state index in [1.165, 1.54) is 0 Å². The van der Waals surface area contributed by atoms with Crippen molar-refractivity contribution in [3.63, 3.8) is 0 Å². The molecule has 1 N–H and O–H groups in total. The fourth-order valence-electron chi connectivity index (χ4n) is 3.02. The second-order valence-corrected chi connectivity index (χ2v) is 6.14. The summed E-state index contributed by atoms with van der Waals surface area (Å²) in [6, 6.07) is 14.6. The van der Waals surface area contributed by atoms with Crippen LogP contribution in [0, 0.1) is 0 Å². The standard InChI is InChI=1S/C21H22N2O3/c1-4-23-13-18(20(24)17-7-5-6-8-19(17)23)21(25)22-14(2)15-9-11-16(26-3)12-10-15/h5-14H,4H2,1-3H3,(H,22,25)/t14-/m0/s1. The normalized spacial score (nSPS) is 12.0. The Morgan fingerprint density at radius 3 is 2.50 bits per heavy atom. The molecule has 3 rings (SSSR count). The summed E-state index contributed by atoms with van der Waals surface area (Å²) in [4.78, 5) is 25.5. The van der Waals surface area contributed by atoms with E-state index in [9.17, 15) is 9.59 Å². The Bertz CT molecular complexity index is 990. The molecule has 3 aromatic rings. The number of fused-ring (bicyclic) bond motifs is 1. The van der Waals surface area contributed by atoms with Gasteiger partial charge in [0.1, 0.15) is 11.3 Å². The van der Waals surface area contributed by atoms with E-state index in [-0.39, 0.29) is 22.9 Å². The summed E-state index contributed by atoms with van der Waals surface area (Å²) in [5.74, 6) is 0.388. The molecular weight excluding hydrogens is 328 g/mol.